The van der Waals surface area contributed by atoms with E-state index in [1.165, 1.54) is 12.1 Å². The Kier molecular flexibility index (Phi) is 3.57. The molecule has 0 amide bonds. The number of halogens is 1. The van der Waals surface area contributed by atoms with Crippen molar-refractivity contribution >= 4 is 5.82 Å². The van der Waals surface area contributed by atoms with Crippen LogP contribution < -0.4 is 10.1 Å². The molecule has 0 aliphatic rings. The van der Waals surface area contributed by atoms with Crippen LogP contribution in [-0.4, -0.2) is 17.0 Å². The van der Waals surface area contributed by atoms with Gasteiger partial charge in [0.2, 0.25) is 5.88 Å². The van der Waals surface area contributed by atoms with E-state index in [1.54, 1.807) is 26.1 Å². The van der Waals surface area contributed by atoms with Crippen LogP contribution >= 0.6 is 0 Å². The van der Waals surface area contributed by atoms with Gasteiger partial charge in [0.1, 0.15) is 29.3 Å². The van der Waals surface area contributed by atoms with E-state index in [4.69, 9.17) is 10.00 Å². The Morgan fingerprint density at radius 3 is 2.74 bits per heavy atom. The molecule has 0 unspecified atom stereocenters. The standard InChI is InChI=1S/C13H11FN4O/c1-8-17-12(16-2)6-13(18-8)19-10-4-3-9(7-15)11(14)5-10/h3-6H,1-2H3,(H,16,17,18). The highest BCUT2D eigenvalue weighted by atomic mass is 19.1. The zero-order valence-corrected chi connectivity index (χ0v) is 10.4. The molecule has 0 atom stereocenters. The lowest BCUT2D eigenvalue weighted by molar-refractivity contribution is 0.455. The van der Waals surface area contributed by atoms with Gasteiger partial charge >= 0.3 is 0 Å². The summed E-state index contributed by atoms with van der Waals surface area (Å²) in [5.74, 6) is 1.10. The first-order chi connectivity index (χ1) is 9.12. The number of rotatable bonds is 3. The Labute approximate surface area is 109 Å². The fourth-order valence-corrected chi connectivity index (χ4v) is 1.49. The molecular weight excluding hydrogens is 247 g/mol. The molecule has 0 saturated carbocycles. The van der Waals surface area contributed by atoms with Crippen LogP contribution in [-0.2, 0) is 0 Å². The van der Waals surface area contributed by atoms with Gasteiger partial charge in [0.15, 0.2) is 0 Å². The summed E-state index contributed by atoms with van der Waals surface area (Å²) in [7, 11) is 1.73. The van der Waals surface area contributed by atoms with Crippen LogP contribution in [0.1, 0.15) is 11.4 Å². The van der Waals surface area contributed by atoms with Gasteiger partial charge < -0.3 is 10.1 Å². The summed E-state index contributed by atoms with van der Waals surface area (Å²) in [6, 6.07) is 7.37. The molecule has 2 aromatic rings. The number of nitrogens with one attached hydrogen (secondary N) is 1. The van der Waals surface area contributed by atoms with Crippen LogP contribution in [0.25, 0.3) is 0 Å². The van der Waals surface area contributed by atoms with Gasteiger partial charge in [-0.1, -0.05) is 0 Å². The zero-order valence-electron chi connectivity index (χ0n) is 10.4. The molecule has 0 radical (unpaired) electrons. The van der Waals surface area contributed by atoms with Gasteiger partial charge in [-0.05, 0) is 19.1 Å². The molecule has 0 spiro atoms. The highest BCUT2D eigenvalue weighted by molar-refractivity contribution is 5.41. The summed E-state index contributed by atoms with van der Waals surface area (Å²) in [5, 5.41) is 11.5. The second-order valence-corrected chi connectivity index (χ2v) is 3.74. The minimum Gasteiger partial charge on any atom is -0.439 e. The maximum atomic E-state index is 13.4. The summed E-state index contributed by atoms with van der Waals surface area (Å²) in [4.78, 5) is 8.21. The summed E-state index contributed by atoms with van der Waals surface area (Å²) < 4.78 is 18.9. The minimum atomic E-state index is -0.625. The van der Waals surface area contributed by atoms with Crippen molar-refractivity contribution in [1.82, 2.24) is 9.97 Å². The largest absolute Gasteiger partial charge is 0.439 e. The van der Waals surface area contributed by atoms with Crippen molar-refractivity contribution in [3.63, 3.8) is 0 Å². The molecule has 0 aliphatic heterocycles. The highest BCUT2D eigenvalue weighted by Crippen LogP contribution is 2.23. The van der Waals surface area contributed by atoms with Crippen molar-refractivity contribution in [3.8, 4) is 17.7 Å². The van der Waals surface area contributed by atoms with Crippen molar-refractivity contribution in [2.45, 2.75) is 6.92 Å². The van der Waals surface area contributed by atoms with Crippen LogP contribution in [0.4, 0.5) is 10.2 Å². The third-order valence-corrected chi connectivity index (χ3v) is 2.35. The molecule has 1 heterocycles. The summed E-state index contributed by atoms with van der Waals surface area (Å²) in [6.45, 7) is 1.73. The monoisotopic (exact) mass is 258 g/mol. The first kappa shape index (κ1) is 12.8. The number of aryl methyl sites for hydroxylation is 1. The molecule has 5 nitrogen and oxygen atoms in total. The van der Waals surface area contributed by atoms with E-state index in [1.807, 2.05) is 0 Å². The Morgan fingerprint density at radius 1 is 1.32 bits per heavy atom. The lowest BCUT2D eigenvalue weighted by atomic mass is 10.2. The highest BCUT2D eigenvalue weighted by Gasteiger charge is 2.07. The van der Waals surface area contributed by atoms with Crippen LogP contribution in [0.15, 0.2) is 24.3 Å². The van der Waals surface area contributed by atoms with E-state index in [0.29, 0.717) is 17.5 Å². The number of ether oxygens (including phenoxy) is 1. The smallest absolute Gasteiger partial charge is 0.224 e. The molecule has 1 aromatic heterocycles. The predicted octanol–water partition coefficient (Wildman–Crippen LogP) is 2.63. The van der Waals surface area contributed by atoms with Crippen molar-refractivity contribution in [2.24, 2.45) is 0 Å². The van der Waals surface area contributed by atoms with E-state index in [2.05, 4.69) is 15.3 Å². The van der Waals surface area contributed by atoms with Gasteiger partial charge in [-0.2, -0.15) is 10.2 Å². The number of benzene rings is 1. The number of nitrogens with zero attached hydrogens (tertiary/aromatic N) is 3. The van der Waals surface area contributed by atoms with E-state index >= 15 is 0 Å². The first-order valence-electron chi connectivity index (χ1n) is 5.53. The van der Waals surface area contributed by atoms with Crippen LogP contribution in [0.5, 0.6) is 11.6 Å². The molecule has 19 heavy (non-hydrogen) atoms. The summed E-state index contributed by atoms with van der Waals surface area (Å²) >= 11 is 0. The molecule has 1 N–H and O–H groups in total. The van der Waals surface area contributed by atoms with E-state index in [0.717, 1.165) is 6.07 Å². The molecule has 0 fully saturated rings. The zero-order chi connectivity index (χ0) is 13.8. The van der Waals surface area contributed by atoms with Crippen molar-refractivity contribution in [1.29, 1.82) is 5.26 Å². The van der Waals surface area contributed by atoms with Gasteiger partial charge in [0.05, 0.1) is 5.56 Å². The maximum absolute atomic E-state index is 13.4. The lowest BCUT2D eigenvalue weighted by Crippen LogP contribution is -1.99. The van der Waals surface area contributed by atoms with Crippen molar-refractivity contribution < 1.29 is 9.13 Å². The summed E-state index contributed by atoms with van der Waals surface area (Å²) in [5.41, 5.74) is -0.0258. The van der Waals surface area contributed by atoms with E-state index in [9.17, 15) is 4.39 Å². The van der Waals surface area contributed by atoms with Gasteiger partial charge in [0, 0.05) is 19.2 Å². The first-order valence-corrected chi connectivity index (χ1v) is 5.53. The molecular formula is C13H11FN4O. The average molecular weight is 258 g/mol. The predicted molar refractivity (Wildman–Crippen MR) is 67.5 cm³/mol. The molecule has 0 saturated heterocycles. The number of nitriles is 1. The van der Waals surface area contributed by atoms with Crippen molar-refractivity contribution in [2.75, 3.05) is 12.4 Å². The fraction of sp³-hybridized carbons (Fsp3) is 0.154. The van der Waals surface area contributed by atoms with Gasteiger partial charge in [-0.3, -0.25) is 0 Å². The molecule has 0 bridgehead atoms. The number of hydrogen-bond donors (Lipinski definition) is 1. The topological polar surface area (TPSA) is 70.8 Å². The molecule has 1 aromatic carbocycles. The molecule has 96 valence electrons. The average Bonchev–Trinajstić information content (AvgIpc) is 2.38. The van der Waals surface area contributed by atoms with Crippen LogP contribution in [0.2, 0.25) is 0 Å². The van der Waals surface area contributed by atoms with E-state index < -0.39 is 5.82 Å². The third kappa shape index (κ3) is 2.96. The fourth-order valence-electron chi connectivity index (χ4n) is 1.49. The maximum Gasteiger partial charge on any atom is 0.224 e. The van der Waals surface area contributed by atoms with Crippen LogP contribution in [0, 0.1) is 24.1 Å². The quantitative estimate of drug-likeness (QED) is 0.916. The minimum absolute atomic E-state index is 0.0258. The Morgan fingerprint density at radius 2 is 2.11 bits per heavy atom. The second-order valence-electron chi connectivity index (χ2n) is 3.74. The molecule has 2 rings (SSSR count). The van der Waals surface area contributed by atoms with Gasteiger partial charge in [0.25, 0.3) is 0 Å². The Balaban J connectivity index is 2.28. The second kappa shape index (κ2) is 5.31. The summed E-state index contributed by atoms with van der Waals surface area (Å²) in [6.07, 6.45) is 0. The normalized spacial score (nSPS) is 9.79. The molecule has 6 heteroatoms. The Hall–Kier alpha value is -2.68. The number of hydrogen-bond acceptors (Lipinski definition) is 5. The van der Waals surface area contributed by atoms with Crippen molar-refractivity contribution in [3.05, 3.63) is 41.5 Å². The number of anilines is 1. The molecule has 0 aliphatic carbocycles. The van der Waals surface area contributed by atoms with E-state index in [-0.39, 0.29) is 11.3 Å². The van der Waals surface area contributed by atoms with Gasteiger partial charge in [-0.25, -0.2) is 9.37 Å². The van der Waals surface area contributed by atoms with Crippen LogP contribution in [0.3, 0.4) is 0 Å². The lowest BCUT2D eigenvalue weighted by Gasteiger charge is -2.07. The van der Waals surface area contributed by atoms with Gasteiger partial charge in [-0.15, -0.1) is 0 Å². The third-order valence-electron chi connectivity index (χ3n) is 2.35. The number of aromatic nitrogens is 2. The SMILES string of the molecule is CNc1cc(Oc2ccc(C#N)c(F)c2)nc(C)n1. The Bertz CT molecular complexity index is 652.